The predicted octanol–water partition coefficient (Wildman–Crippen LogP) is 3.44. The lowest BCUT2D eigenvalue weighted by Crippen LogP contribution is -2.20. The molecule has 0 spiro atoms. The van der Waals surface area contributed by atoms with Gasteiger partial charge in [-0.3, -0.25) is 0 Å². The molecule has 21 heavy (non-hydrogen) atoms. The van der Waals surface area contributed by atoms with Crippen molar-refractivity contribution in [3.05, 3.63) is 48.2 Å². The van der Waals surface area contributed by atoms with Gasteiger partial charge < -0.3 is 11.1 Å². The third-order valence-electron chi connectivity index (χ3n) is 4.35. The second kappa shape index (κ2) is 6.57. The summed E-state index contributed by atoms with van der Waals surface area (Å²) in [7, 11) is 0. The van der Waals surface area contributed by atoms with E-state index in [0.29, 0.717) is 17.7 Å². The molecule has 0 aliphatic heterocycles. The van der Waals surface area contributed by atoms with Crippen molar-refractivity contribution < 1.29 is 0 Å². The molecule has 2 aromatic rings. The first-order chi connectivity index (χ1) is 10.3. The first kappa shape index (κ1) is 13.9. The normalized spacial score (nSPS) is 16.8. The smallest absolute Gasteiger partial charge is 0.224 e. The molecule has 1 atom stereocenters. The fraction of sp³-hybridized carbons (Fsp3) is 0.412. The van der Waals surface area contributed by atoms with E-state index < -0.39 is 0 Å². The van der Waals surface area contributed by atoms with E-state index in [1.165, 1.54) is 31.2 Å². The topological polar surface area (TPSA) is 63.8 Å². The Kier molecular flexibility index (Phi) is 4.34. The molecule has 1 aliphatic rings. The summed E-state index contributed by atoms with van der Waals surface area (Å²) in [6, 6.07) is 12.5. The summed E-state index contributed by atoms with van der Waals surface area (Å²) in [5, 5.41) is 3.36. The molecule has 0 saturated heterocycles. The molecular formula is C17H22N4. The van der Waals surface area contributed by atoms with Gasteiger partial charge >= 0.3 is 0 Å². The molecule has 3 rings (SSSR count). The van der Waals surface area contributed by atoms with Crippen molar-refractivity contribution in [2.45, 2.75) is 31.6 Å². The first-order valence-electron chi connectivity index (χ1n) is 7.70. The van der Waals surface area contributed by atoms with Crippen LogP contribution in [-0.2, 0) is 0 Å². The average Bonchev–Trinajstić information content (AvgIpc) is 3.03. The SMILES string of the molecule is Nc1ccnc(NC[C@H](c2ccccc2)C2CCCC2)n1. The zero-order valence-corrected chi connectivity index (χ0v) is 12.2. The largest absolute Gasteiger partial charge is 0.384 e. The maximum Gasteiger partial charge on any atom is 0.224 e. The third-order valence-corrected chi connectivity index (χ3v) is 4.35. The fourth-order valence-corrected chi connectivity index (χ4v) is 3.28. The van der Waals surface area contributed by atoms with Crippen LogP contribution in [0.25, 0.3) is 0 Å². The molecule has 1 aliphatic carbocycles. The van der Waals surface area contributed by atoms with E-state index in [1.807, 2.05) is 0 Å². The van der Waals surface area contributed by atoms with Crippen LogP contribution >= 0.6 is 0 Å². The van der Waals surface area contributed by atoms with Gasteiger partial charge in [-0.1, -0.05) is 43.2 Å². The molecule has 110 valence electrons. The van der Waals surface area contributed by atoms with Crippen molar-refractivity contribution >= 4 is 11.8 Å². The summed E-state index contributed by atoms with van der Waals surface area (Å²) in [6.45, 7) is 0.859. The maximum atomic E-state index is 5.71. The highest BCUT2D eigenvalue weighted by molar-refractivity contribution is 5.35. The highest BCUT2D eigenvalue weighted by Gasteiger charge is 2.26. The number of nitrogens with zero attached hydrogens (tertiary/aromatic N) is 2. The molecular weight excluding hydrogens is 260 g/mol. The zero-order valence-electron chi connectivity index (χ0n) is 12.2. The number of nitrogens with two attached hydrogens (primary N) is 1. The van der Waals surface area contributed by atoms with E-state index >= 15 is 0 Å². The molecule has 1 fully saturated rings. The molecule has 3 N–H and O–H groups in total. The van der Waals surface area contributed by atoms with Crippen LogP contribution in [-0.4, -0.2) is 16.5 Å². The molecule has 0 bridgehead atoms. The predicted molar refractivity (Wildman–Crippen MR) is 86.1 cm³/mol. The summed E-state index contributed by atoms with van der Waals surface area (Å²) >= 11 is 0. The Morgan fingerprint density at radius 3 is 2.62 bits per heavy atom. The Balaban J connectivity index is 1.73. The summed E-state index contributed by atoms with van der Waals surface area (Å²) in [6.07, 6.45) is 7.03. The highest BCUT2D eigenvalue weighted by atomic mass is 15.1. The van der Waals surface area contributed by atoms with Gasteiger partial charge in [0.15, 0.2) is 0 Å². The lowest BCUT2D eigenvalue weighted by atomic mass is 9.85. The Morgan fingerprint density at radius 1 is 1.14 bits per heavy atom. The van der Waals surface area contributed by atoms with Gasteiger partial charge in [0.25, 0.3) is 0 Å². The van der Waals surface area contributed by atoms with Crippen molar-refractivity contribution in [1.29, 1.82) is 0 Å². The van der Waals surface area contributed by atoms with Crippen molar-refractivity contribution in [3.63, 3.8) is 0 Å². The van der Waals surface area contributed by atoms with Gasteiger partial charge in [-0.25, -0.2) is 4.98 Å². The molecule has 0 unspecified atom stereocenters. The Labute approximate surface area is 125 Å². The van der Waals surface area contributed by atoms with Gasteiger partial charge in [-0.2, -0.15) is 4.98 Å². The molecule has 1 aromatic carbocycles. The Bertz CT molecular complexity index is 564. The average molecular weight is 282 g/mol. The third kappa shape index (κ3) is 3.51. The van der Waals surface area contributed by atoms with Crippen LogP contribution in [0.15, 0.2) is 42.6 Å². The first-order valence-corrected chi connectivity index (χ1v) is 7.70. The van der Waals surface area contributed by atoms with Crippen molar-refractivity contribution in [1.82, 2.24) is 9.97 Å². The molecule has 0 amide bonds. The van der Waals surface area contributed by atoms with Crippen molar-refractivity contribution in [2.75, 3.05) is 17.6 Å². The monoisotopic (exact) mass is 282 g/mol. The standard InChI is InChI=1S/C17H22N4/c18-16-10-11-19-17(21-16)20-12-15(14-8-4-5-9-14)13-6-2-1-3-7-13/h1-3,6-7,10-11,14-15H,4-5,8-9,12H2,(H3,18,19,20,21)/t15-/m1/s1. The van der Waals surface area contributed by atoms with E-state index in [1.54, 1.807) is 12.3 Å². The minimum Gasteiger partial charge on any atom is -0.384 e. The minimum atomic E-state index is 0.504. The van der Waals surface area contributed by atoms with Crippen LogP contribution in [0.3, 0.4) is 0 Å². The summed E-state index contributed by atoms with van der Waals surface area (Å²) in [5.41, 5.74) is 7.11. The summed E-state index contributed by atoms with van der Waals surface area (Å²) < 4.78 is 0. The Morgan fingerprint density at radius 2 is 1.90 bits per heavy atom. The zero-order chi connectivity index (χ0) is 14.5. The van der Waals surface area contributed by atoms with Gasteiger partial charge in [-0.05, 0) is 30.4 Å². The van der Waals surface area contributed by atoms with E-state index in [2.05, 4.69) is 45.6 Å². The van der Waals surface area contributed by atoms with E-state index in [9.17, 15) is 0 Å². The van der Waals surface area contributed by atoms with E-state index in [-0.39, 0.29) is 0 Å². The van der Waals surface area contributed by atoms with Gasteiger partial charge in [0.1, 0.15) is 5.82 Å². The fourth-order valence-electron chi connectivity index (χ4n) is 3.28. The maximum absolute atomic E-state index is 5.71. The van der Waals surface area contributed by atoms with E-state index in [4.69, 9.17) is 5.73 Å². The lowest BCUT2D eigenvalue weighted by Gasteiger charge is -2.24. The van der Waals surface area contributed by atoms with Crippen molar-refractivity contribution in [2.24, 2.45) is 5.92 Å². The van der Waals surface area contributed by atoms with Crippen molar-refractivity contribution in [3.8, 4) is 0 Å². The van der Waals surface area contributed by atoms with Crippen LogP contribution in [0.5, 0.6) is 0 Å². The second-order valence-electron chi connectivity index (χ2n) is 5.75. The molecule has 1 heterocycles. The number of aromatic nitrogens is 2. The molecule has 4 heteroatoms. The van der Waals surface area contributed by atoms with E-state index in [0.717, 1.165) is 12.5 Å². The number of hydrogen-bond donors (Lipinski definition) is 2. The molecule has 4 nitrogen and oxygen atoms in total. The highest BCUT2D eigenvalue weighted by Crippen LogP contribution is 2.37. The van der Waals surface area contributed by atoms with Crippen LogP contribution in [0.1, 0.15) is 37.2 Å². The lowest BCUT2D eigenvalue weighted by molar-refractivity contribution is 0.447. The molecule has 0 radical (unpaired) electrons. The summed E-state index contributed by atoms with van der Waals surface area (Å²) in [5.74, 6) is 2.39. The van der Waals surface area contributed by atoms with Crippen LogP contribution < -0.4 is 11.1 Å². The van der Waals surface area contributed by atoms with Gasteiger partial charge in [-0.15, -0.1) is 0 Å². The second-order valence-corrected chi connectivity index (χ2v) is 5.75. The number of hydrogen-bond acceptors (Lipinski definition) is 4. The number of rotatable bonds is 5. The number of nitrogen functional groups attached to an aromatic ring is 1. The number of benzene rings is 1. The summed E-state index contributed by atoms with van der Waals surface area (Å²) in [4.78, 5) is 8.45. The Hall–Kier alpha value is -2.10. The van der Waals surface area contributed by atoms with Crippen LogP contribution in [0, 0.1) is 5.92 Å². The van der Waals surface area contributed by atoms with Gasteiger partial charge in [0, 0.05) is 18.7 Å². The van der Waals surface area contributed by atoms with Gasteiger partial charge in [0.05, 0.1) is 0 Å². The molecule has 1 saturated carbocycles. The minimum absolute atomic E-state index is 0.504. The number of nitrogens with one attached hydrogen (secondary N) is 1. The molecule has 1 aromatic heterocycles. The number of anilines is 2. The quantitative estimate of drug-likeness (QED) is 0.881. The van der Waals surface area contributed by atoms with Gasteiger partial charge in [0.2, 0.25) is 5.95 Å². The van der Waals surface area contributed by atoms with Crippen LogP contribution in [0.4, 0.5) is 11.8 Å². The van der Waals surface area contributed by atoms with Crippen LogP contribution in [0.2, 0.25) is 0 Å².